The zero-order valence-electron chi connectivity index (χ0n) is 12.7. The van der Waals surface area contributed by atoms with Gasteiger partial charge in [0.05, 0.1) is 11.4 Å². The van der Waals surface area contributed by atoms with E-state index in [1.54, 1.807) is 24.3 Å². The van der Waals surface area contributed by atoms with Crippen LogP contribution < -0.4 is 10.0 Å². The van der Waals surface area contributed by atoms with Crippen molar-refractivity contribution in [3.8, 4) is 0 Å². The van der Waals surface area contributed by atoms with Gasteiger partial charge in [-0.25, -0.2) is 0 Å². The maximum atomic E-state index is 12.4. The molecule has 0 atom stereocenters. The third-order valence-corrected chi connectivity index (χ3v) is 4.39. The van der Waals surface area contributed by atoms with Crippen LogP contribution in [0.3, 0.4) is 0 Å². The van der Waals surface area contributed by atoms with E-state index in [-0.39, 0.29) is 5.91 Å². The summed E-state index contributed by atoms with van der Waals surface area (Å²) in [7, 11) is 0. The molecule has 0 spiro atoms. The van der Waals surface area contributed by atoms with Crippen LogP contribution in [0.25, 0.3) is 0 Å². The highest BCUT2D eigenvalue weighted by atomic mass is 35.5. The van der Waals surface area contributed by atoms with Gasteiger partial charge in [0, 0.05) is 15.5 Å². The van der Waals surface area contributed by atoms with Crippen molar-refractivity contribution in [3.63, 3.8) is 0 Å². The van der Waals surface area contributed by atoms with E-state index in [1.807, 2.05) is 54.6 Å². The fraction of sp³-hybridized carbons (Fsp3) is 0. The molecule has 120 valence electrons. The molecule has 3 aromatic carbocycles. The number of amides is 1. The summed E-state index contributed by atoms with van der Waals surface area (Å²) in [6, 6.07) is 24.4. The Hall–Kier alpha value is -2.43. The molecule has 0 fully saturated rings. The molecule has 0 saturated heterocycles. The molecule has 0 radical (unpaired) electrons. The zero-order valence-corrected chi connectivity index (χ0v) is 14.3. The summed E-state index contributed by atoms with van der Waals surface area (Å²) in [5.41, 5.74) is 2.12. The van der Waals surface area contributed by atoms with E-state index in [9.17, 15) is 4.79 Å². The third-order valence-electron chi connectivity index (χ3n) is 3.30. The van der Waals surface area contributed by atoms with Crippen molar-refractivity contribution < 1.29 is 4.79 Å². The van der Waals surface area contributed by atoms with Crippen LogP contribution >= 0.6 is 23.5 Å². The van der Waals surface area contributed by atoms with Crippen LogP contribution in [0, 0.1) is 0 Å². The Bertz CT molecular complexity index is 822. The monoisotopic (exact) mass is 354 g/mol. The van der Waals surface area contributed by atoms with Crippen molar-refractivity contribution in [3.05, 3.63) is 89.4 Å². The Kier molecular flexibility index (Phi) is 5.41. The van der Waals surface area contributed by atoms with Gasteiger partial charge in [-0.2, -0.15) is 0 Å². The van der Waals surface area contributed by atoms with Gasteiger partial charge >= 0.3 is 0 Å². The average Bonchev–Trinajstić information content (AvgIpc) is 2.62. The number of hydrogen-bond acceptors (Lipinski definition) is 3. The Morgan fingerprint density at radius 2 is 1.42 bits per heavy atom. The van der Waals surface area contributed by atoms with Gasteiger partial charge in [0.2, 0.25) is 0 Å². The summed E-state index contributed by atoms with van der Waals surface area (Å²) in [6.45, 7) is 0. The highest BCUT2D eigenvalue weighted by Gasteiger charge is 2.09. The number of para-hydroxylation sites is 2. The molecule has 3 rings (SSSR count). The third kappa shape index (κ3) is 4.31. The zero-order chi connectivity index (χ0) is 16.8. The SMILES string of the molecule is O=C(Nc1ccccc1NSc1ccccc1)c1ccc(Cl)cc1. The second-order valence-electron chi connectivity index (χ2n) is 5.02. The summed E-state index contributed by atoms with van der Waals surface area (Å²) >= 11 is 7.35. The number of halogens is 1. The Balaban J connectivity index is 1.71. The Labute approximate surface area is 150 Å². The Morgan fingerprint density at radius 1 is 0.792 bits per heavy atom. The smallest absolute Gasteiger partial charge is 0.255 e. The predicted molar refractivity (Wildman–Crippen MR) is 102 cm³/mol. The first-order valence-electron chi connectivity index (χ1n) is 7.36. The molecular weight excluding hydrogens is 340 g/mol. The largest absolute Gasteiger partial charge is 0.324 e. The van der Waals surface area contributed by atoms with Gasteiger partial charge < -0.3 is 10.0 Å². The maximum Gasteiger partial charge on any atom is 0.255 e. The number of carbonyl (C=O) groups is 1. The van der Waals surface area contributed by atoms with Crippen molar-refractivity contribution in [2.24, 2.45) is 0 Å². The fourth-order valence-corrected chi connectivity index (χ4v) is 2.90. The molecule has 0 unspecified atom stereocenters. The lowest BCUT2D eigenvalue weighted by atomic mass is 10.2. The Morgan fingerprint density at radius 3 is 2.12 bits per heavy atom. The summed E-state index contributed by atoms with van der Waals surface area (Å²) in [5, 5.41) is 3.53. The number of hydrogen-bond donors (Lipinski definition) is 2. The van der Waals surface area contributed by atoms with Crippen LogP contribution in [0.5, 0.6) is 0 Å². The molecule has 5 heteroatoms. The van der Waals surface area contributed by atoms with Crippen LogP contribution in [-0.2, 0) is 0 Å². The average molecular weight is 355 g/mol. The minimum atomic E-state index is -0.175. The molecular formula is C19H15ClN2OS. The van der Waals surface area contributed by atoms with E-state index >= 15 is 0 Å². The first kappa shape index (κ1) is 16.4. The number of benzene rings is 3. The first-order valence-corrected chi connectivity index (χ1v) is 8.56. The standard InChI is InChI=1S/C19H15ClN2OS/c20-15-12-10-14(11-13-15)19(23)21-17-8-4-5-9-18(17)22-24-16-6-2-1-3-7-16/h1-13,22H,(H,21,23). The second kappa shape index (κ2) is 7.90. The van der Waals surface area contributed by atoms with Crippen LogP contribution in [0.4, 0.5) is 11.4 Å². The normalized spacial score (nSPS) is 10.2. The van der Waals surface area contributed by atoms with Crippen molar-refractivity contribution in [1.29, 1.82) is 0 Å². The number of carbonyl (C=O) groups excluding carboxylic acids is 1. The summed E-state index contributed by atoms with van der Waals surface area (Å²) in [6.07, 6.45) is 0. The molecule has 0 aliphatic rings. The minimum absolute atomic E-state index is 0.175. The maximum absolute atomic E-state index is 12.4. The van der Waals surface area contributed by atoms with Crippen molar-refractivity contribution in [1.82, 2.24) is 0 Å². The molecule has 1 amide bonds. The molecule has 0 aromatic heterocycles. The van der Waals surface area contributed by atoms with Crippen LogP contribution in [0.15, 0.2) is 83.8 Å². The lowest BCUT2D eigenvalue weighted by molar-refractivity contribution is 0.102. The fourth-order valence-electron chi connectivity index (χ4n) is 2.08. The molecule has 0 aliphatic heterocycles. The van der Waals surface area contributed by atoms with E-state index in [4.69, 9.17) is 11.6 Å². The van der Waals surface area contributed by atoms with E-state index in [0.29, 0.717) is 10.6 Å². The highest BCUT2D eigenvalue weighted by molar-refractivity contribution is 8.00. The number of nitrogens with one attached hydrogen (secondary N) is 2. The van der Waals surface area contributed by atoms with Crippen molar-refractivity contribution in [2.75, 3.05) is 10.0 Å². The van der Waals surface area contributed by atoms with Crippen molar-refractivity contribution >= 4 is 40.8 Å². The summed E-state index contributed by atoms with van der Waals surface area (Å²) < 4.78 is 3.28. The topological polar surface area (TPSA) is 41.1 Å². The van der Waals surface area contributed by atoms with Crippen molar-refractivity contribution in [2.45, 2.75) is 4.90 Å². The van der Waals surface area contributed by atoms with E-state index in [2.05, 4.69) is 10.0 Å². The quantitative estimate of drug-likeness (QED) is 0.576. The molecule has 0 saturated carbocycles. The molecule has 0 heterocycles. The second-order valence-corrected chi connectivity index (χ2v) is 6.34. The number of anilines is 2. The van der Waals surface area contributed by atoms with Gasteiger partial charge in [0.25, 0.3) is 5.91 Å². The molecule has 3 nitrogen and oxygen atoms in total. The summed E-state index contributed by atoms with van der Waals surface area (Å²) in [5.74, 6) is -0.175. The van der Waals surface area contributed by atoms with Gasteiger partial charge in [-0.3, -0.25) is 4.79 Å². The van der Waals surface area contributed by atoms with Gasteiger partial charge in [0.1, 0.15) is 0 Å². The van der Waals surface area contributed by atoms with Crippen LogP contribution in [-0.4, -0.2) is 5.91 Å². The molecule has 0 aliphatic carbocycles. The molecule has 0 bridgehead atoms. The first-order chi connectivity index (χ1) is 11.7. The molecule has 24 heavy (non-hydrogen) atoms. The van der Waals surface area contributed by atoms with Gasteiger partial charge in [-0.15, -0.1) is 0 Å². The van der Waals surface area contributed by atoms with E-state index in [1.165, 1.54) is 11.9 Å². The van der Waals surface area contributed by atoms with E-state index in [0.717, 1.165) is 16.3 Å². The van der Waals surface area contributed by atoms with Crippen LogP contribution in [0.1, 0.15) is 10.4 Å². The number of rotatable bonds is 5. The minimum Gasteiger partial charge on any atom is -0.324 e. The molecule has 3 aromatic rings. The lowest BCUT2D eigenvalue weighted by Gasteiger charge is -2.12. The highest BCUT2D eigenvalue weighted by Crippen LogP contribution is 2.27. The van der Waals surface area contributed by atoms with Gasteiger partial charge in [0.15, 0.2) is 0 Å². The van der Waals surface area contributed by atoms with Crippen LogP contribution in [0.2, 0.25) is 5.02 Å². The van der Waals surface area contributed by atoms with Gasteiger partial charge in [-0.05, 0) is 60.5 Å². The lowest BCUT2D eigenvalue weighted by Crippen LogP contribution is -2.12. The summed E-state index contributed by atoms with van der Waals surface area (Å²) in [4.78, 5) is 13.5. The predicted octanol–water partition coefficient (Wildman–Crippen LogP) is 5.71. The van der Waals surface area contributed by atoms with E-state index < -0.39 is 0 Å². The molecule has 2 N–H and O–H groups in total. The van der Waals surface area contributed by atoms with Gasteiger partial charge in [-0.1, -0.05) is 41.9 Å².